The van der Waals surface area contributed by atoms with Gasteiger partial charge in [-0.2, -0.15) is 0 Å². The molecule has 0 spiro atoms. The predicted octanol–water partition coefficient (Wildman–Crippen LogP) is 3.52. The number of benzene rings is 1. The molecule has 1 aromatic rings. The van der Waals surface area contributed by atoms with E-state index in [4.69, 9.17) is 16.3 Å². The van der Waals surface area contributed by atoms with Crippen molar-refractivity contribution in [3.63, 3.8) is 0 Å². The first-order valence-electron chi connectivity index (χ1n) is 7.55. The zero-order valence-corrected chi connectivity index (χ0v) is 16.1. The molecule has 0 bridgehead atoms. The van der Waals surface area contributed by atoms with E-state index < -0.39 is 12.0 Å². The summed E-state index contributed by atoms with van der Waals surface area (Å²) in [6.45, 7) is 6.96. The van der Waals surface area contributed by atoms with Crippen LogP contribution in [0, 0.1) is 13.8 Å². The van der Waals surface area contributed by atoms with Crippen LogP contribution in [0.5, 0.6) is 0 Å². The lowest BCUT2D eigenvalue weighted by Gasteiger charge is -2.30. The van der Waals surface area contributed by atoms with Gasteiger partial charge in [-0.25, -0.2) is 4.79 Å². The summed E-state index contributed by atoms with van der Waals surface area (Å²) < 4.78 is 4.78. The number of carbonyl (C=O) groups is 3. The minimum Gasteiger partial charge on any atom is -0.467 e. The molecule has 132 valence electrons. The Bertz CT molecular complexity index is 648. The van der Waals surface area contributed by atoms with Crippen LogP contribution >= 0.6 is 23.4 Å². The largest absolute Gasteiger partial charge is 0.467 e. The van der Waals surface area contributed by atoms with Crippen molar-refractivity contribution in [1.29, 1.82) is 0 Å². The molecule has 1 atom stereocenters. The van der Waals surface area contributed by atoms with Crippen LogP contribution in [0.1, 0.15) is 31.4 Å². The number of nitrogens with zero attached hydrogens (tertiary/aromatic N) is 1. The molecule has 24 heavy (non-hydrogen) atoms. The lowest BCUT2D eigenvalue weighted by atomic mass is 10.1. The Morgan fingerprint density at radius 2 is 1.92 bits per heavy atom. The zero-order valence-electron chi connectivity index (χ0n) is 14.5. The highest BCUT2D eigenvalue weighted by molar-refractivity contribution is 8.14. The molecule has 1 aromatic carbocycles. The summed E-state index contributed by atoms with van der Waals surface area (Å²) in [7, 11) is 1.27. The van der Waals surface area contributed by atoms with Crippen molar-refractivity contribution in [1.82, 2.24) is 0 Å². The van der Waals surface area contributed by atoms with E-state index in [0.717, 1.165) is 17.3 Å². The summed E-state index contributed by atoms with van der Waals surface area (Å²) in [5, 5.41) is 0.427. The molecular formula is C17H22ClNO4S. The van der Waals surface area contributed by atoms with Gasteiger partial charge in [-0.1, -0.05) is 36.4 Å². The predicted molar refractivity (Wildman–Crippen MR) is 97.6 cm³/mol. The molecule has 0 saturated heterocycles. The van der Waals surface area contributed by atoms with Crippen LogP contribution in [0.3, 0.4) is 0 Å². The van der Waals surface area contributed by atoms with Crippen molar-refractivity contribution in [3.8, 4) is 0 Å². The summed E-state index contributed by atoms with van der Waals surface area (Å²) >= 11 is 7.13. The smallest absolute Gasteiger partial charge is 0.328 e. The highest BCUT2D eigenvalue weighted by atomic mass is 35.5. The molecule has 0 aliphatic heterocycles. The molecule has 0 saturated carbocycles. The molecule has 0 aliphatic rings. The van der Waals surface area contributed by atoms with E-state index in [1.807, 2.05) is 6.92 Å². The summed E-state index contributed by atoms with van der Waals surface area (Å²) in [5.74, 6) is -0.915. The maximum Gasteiger partial charge on any atom is 0.328 e. The number of aryl methyl sites for hydroxylation is 1. The van der Waals surface area contributed by atoms with Crippen molar-refractivity contribution >= 4 is 46.0 Å². The Balaban J connectivity index is 3.30. The fraction of sp³-hybridized carbons (Fsp3) is 0.471. The number of anilines is 1. The monoisotopic (exact) mass is 371 g/mol. The minimum absolute atomic E-state index is 0.0423. The first kappa shape index (κ1) is 20.5. The van der Waals surface area contributed by atoms with E-state index in [1.54, 1.807) is 32.9 Å². The third-order valence-electron chi connectivity index (χ3n) is 3.65. The molecule has 1 unspecified atom stereocenters. The Labute approximate surface area is 151 Å². The van der Waals surface area contributed by atoms with Gasteiger partial charge in [0.05, 0.1) is 18.6 Å². The quantitative estimate of drug-likeness (QED) is 0.716. The van der Waals surface area contributed by atoms with Gasteiger partial charge in [0.1, 0.15) is 6.04 Å². The van der Waals surface area contributed by atoms with Crippen molar-refractivity contribution in [2.45, 2.75) is 40.2 Å². The van der Waals surface area contributed by atoms with Gasteiger partial charge in [-0.15, -0.1) is 0 Å². The molecule has 0 heterocycles. The number of rotatable bonds is 6. The lowest BCUT2D eigenvalue weighted by molar-refractivity contribution is -0.142. The summed E-state index contributed by atoms with van der Waals surface area (Å²) in [5.41, 5.74) is 2.09. The van der Waals surface area contributed by atoms with Gasteiger partial charge in [0.15, 0.2) is 5.12 Å². The summed E-state index contributed by atoms with van der Waals surface area (Å²) in [4.78, 5) is 37.6. The maximum atomic E-state index is 12.7. The fourth-order valence-electron chi connectivity index (χ4n) is 2.31. The number of hydrogen-bond acceptors (Lipinski definition) is 5. The molecular weight excluding hydrogens is 350 g/mol. The topological polar surface area (TPSA) is 63.7 Å². The second kappa shape index (κ2) is 9.08. The van der Waals surface area contributed by atoms with E-state index in [1.165, 1.54) is 12.0 Å². The van der Waals surface area contributed by atoms with Gasteiger partial charge < -0.3 is 4.74 Å². The van der Waals surface area contributed by atoms with E-state index in [-0.39, 0.29) is 16.8 Å². The fourth-order valence-corrected chi connectivity index (χ4v) is 3.09. The number of thioether (sulfide) groups is 1. The normalized spacial score (nSPS) is 11.8. The van der Waals surface area contributed by atoms with E-state index >= 15 is 0 Å². The van der Waals surface area contributed by atoms with Gasteiger partial charge >= 0.3 is 5.97 Å². The molecule has 5 nitrogen and oxygen atoms in total. The third-order valence-corrected chi connectivity index (χ3v) is 5.06. The van der Waals surface area contributed by atoms with Crippen LogP contribution in [0.4, 0.5) is 5.69 Å². The van der Waals surface area contributed by atoms with Crippen LogP contribution in [-0.4, -0.2) is 35.9 Å². The standard InChI is InChI=1S/C17H22ClNO4S/c1-6-15(21)24-9-14(20)19(12(4)17(22)23-5)16-10(2)7-8-13(18)11(16)3/h7-8,12H,6,9H2,1-5H3. The molecule has 0 aliphatic carbocycles. The minimum atomic E-state index is -0.823. The number of amides is 1. The van der Waals surface area contributed by atoms with Crippen LogP contribution in [0.25, 0.3) is 0 Å². The van der Waals surface area contributed by atoms with Crippen molar-refractivity contribution in [3.05, 3.63) is 28.3 Å². The Hall–Kier alpha value is -1.53. The molecule has 7 heteroatoms. The number of halogens is 1. The molecule has 1 amide bonds. The van der Waals surface area contributed by atoms with Crippen molar-refractivity contribution in [2.75, 3.05) is 17.8 Å². The van der Waals surface area contributed by atoms with E-state index in [0.29, 0.717) is 22.7 Å². The molecule has 0 fully saturated rings. The van der Waals surface area contributed by atoms with Crippen LogP contribution < -0.4 is 4.90 Å². The van der Waals surface area contributed by atoms with Crippen LogP contribution in [0.15, 0.2) is 12.1 Å². The van der Waals surface area contributed by atoms with E-state index in [2.05, 4.69) is 0 Å². The second-order valence-corrected chi connectivity index (χ2v) is 6.75. The average Bonchev–Trinajstić information content (AvgIpc) is 2.58. The van der Waals surface area contributed by atoms with Gasteiger partial charge in [-0.3, -0.25) is 14.5 Å². The van der Waals surface area contributed by atoms with Crippen LogP contribution in [-0.2, 0) is 19.1 Å². The van der Waals surface area contributed by atoms with Crippen molar-refractivity contribution < 1.29 is 19.1 Å². The highest BCUT2D eigenvalue weighted by Gasteiger charge is 2.31. The molecule has 0 N–H and O–H groups in total. The molecule has 1 rings (SSSR count). The molecule has 0 radical (unpaired) electrons. The summed E-state index contributed by atoms with van der Waals surface area (Å²) in [6, 6.07) is 2.71. The lowest BCUT2D eigenvalue weighted by Crippen LogP contribution is -2.45. The zero-order chi connectivity index (χ0) is 18.4. The number of esters is 1. The van der Waals surface area contributed by atoms with Gasteiger partial charge in [0.25, 0.3) is 0 Å². The number of methoxy groups -OCH3 is 1. The Kier molecular flexibility index (Phi) is 7.76. The summed E-state index contributed by atoms with van der Waals surface area (Å²) in [6.07, 6.45) is 0.347. The van der Waals surface area contributed by atoms with Gasteiger partial charge in [0, 0.05) is 11.4 Å². The number of ether oxygens (including phenoxy) is 1. The second-order valence-electron chi connectivity index (χ2n) is 5.32. The third kappa shape index (κ3) is 4.74. The Morgan fingerprint density at radius 3 is 2.46 bits per heavy atom. The van der Waals surface area contributed by atoms with Gasteiger partial charge in [-0.05, 0) is 38.0 Å². The number of carbonyl (C=O) groups excluding carboxylic acids is 3. The Morgan fingerprint density at radius 1 is 1.29 bits per heavy atom. The SMILES string of the molecule is CCC(=O)SCC(=O)N(c1c(C)ccc(Cl)c1C)C(C)C(=O)OC. The average molecular weight is 372 g/mol. The first-order valence-corrected chi connectivity index (χ1v) is 8.92. The van der Waals surface area contributed by atoms with Crippen molar-refractivity contribution in [2.24, 2.45) is 0 Å². The molecule has 0 aromatic heterocycles. The number of hydrogen-bond donors (Lipinski definition) is 0. The first-order chi connectivity index (χ1) is 11.2. The van der Waals surface area contributed by atoms with Crippen LogP contribution in [0.2, 0.25) is 5.02 Å². The van der Waals surface area contributed by atoms with E-state index in [9.17, 15) is 14.4 Å². The highest BCUT2D eigenvalue weighted by Crippen LogP contribution is 2.32. The van der Waals surface area contributed by atoms with Gasteiger partial charge in [0.2, 0.25) is 5.91 Å². The maximum absolute atomic E-state index is 12.7.